The summed E-state index contributed by atoms with van der Waals surface area (Å²) in [6.45, 7) is 4.38. The smallest absolute Gasteiger partial charge is 0.141 e. The van der Waals surface area contributed by atoms with Crippen LogP contribution >= 0.6 is 0 Å². The van der Waals surface area contributed by atoms with E-state index in [0.717, 1.165) is 38.5 Å². The monoisotopic (exact) mass is 304 g/mol. The maximum Gasteiger partial charge on any atom is 0.141 e. The van der Waals surface area contributed by atoms with Gasteiger partial charge in [0.1, 0.15) is 11.6 Å². The molecule has 0 aromatic carbocycles. The van der Waals surface area contributed by atoms with Crippen LogP contribution in [0, 0.1) is 28.6 Å². The van der Waals surface area contributed by atoms with Gasteiger partial charge in [0.2, 0.25) is 0 Å². The molecule has 3 heteroatoms. The van der Waals surface area contributed by atoms with E-state index in [4.69, 9.17) is 0 Å². The Balaban J connectivity index is 1.71. The van der Waals surface area contributed by atoms with Crippen molar-refractivity contribution in [2.45, 2.75) is 77.2 Å². The van der Waals surface area contributed by atoms with Crippen LogP contribution in [0.4, 0.5) is 0 Å². The van der Waals surface area contributed by atoms with Gasteiger partial charge < -0.3 is 5.11 Å². The quantitative estimate of drug-likeness (QED) is 0.747. The molecule has 0 spiro atoms. The predicted octanol–water partition coefficient (Wildman–Crippen LogP) is 3.28. The van der Waals surface area contributed by atoms with Gasteiger partial charge >= 0.3 is 0 Å². The fourth-order valence-electron chi connectivity index (χ4n) is 6.78. The van der Waals surface area contributed by atoms with Gasteiger partial charge in [0.15, 0.2) is 0 Å². The molecule has 6 atom stereocenters. The topological polar surface area (TPSA) is 54.4 Å². The van der Waals surface area contributed by atoms with Crippen LogP contribution in [0.5, 0.6) is 0 Å². The second-order valence-corrected chi connectivity index (χ2v) is 8.95. The molecule has 4 fully saturated rings. The lowest BCUT2D eigenvalue weighted by Gasteiger charge is -2.61. The van der Waals surface area contributed by atoms with Gasteiger partial charge in [-0.25, -0.2) is 0 Å². The molecule has 0 aromatic rings. The Hall–Kier alpha value is -0.700. The largest absolute Gasteiger partial charge is 0.389 e. The van der Waals surface area contributed by atoms with Gasteiger partial charge in [-0.3, -0.25) is 9.59 Å². The van der Waals surface area contributed by atoms with Crippen molar-refractivity contribution in [3.05, 3.63) is 0 Å². The van der Waals surface area contributed by atoms with Crippen LogP contribution in [-0.2, 0) is 9.59 Å². The summed E-state index contributed by atoms with van der Waals surface area (Å²) >= 11 is 0. The Morgan fingerprint density at radius 3 is 2.50 bits per heavy atom. The zero-order chi connectivity index (χ0) is 15.8. The van der Waals surface area contributed by atoms with Crippen molar-refractivity contribution in [3.8, 4) is 0 Å². The Kier molecular flexibility index (Phi) is 3.00. The summed E-state index contributed by atoms with van der Waals surface area (Å²) < 4.78 is 0. The van der Waals surface area contributed by atoms with E-state index in [1.54, 1.807) is 0 Å². The first kappa shape index (κ1) is 14.9. The molecule has 0 saturated heterocycles. The zero-order valence-electron chi connectivity index (χ0n) is 13.9. The van der Waals surface area contributed by atoms with Gasteiger partial charge in [0.05, 0.1) is 11.0 Å². The highest BCUT2D eigenvalue weighted by atomic mass is 16.3. The standard InChI is InChI=1S/C19H28O3/c1-17-8-5-13(20)11-12(17)3-4-15-14(17)6-9-18(2)16(21)7-10-19(15,18)22/h12,14-15,22H,3-11H2,1-2H3/t12-,14+,15+,17-,18+,19+/m0/s1. The molecule has 0 heterocycles. The SMILES string of the molecule is C[C@]12CCC(=O)C[C@@H]1CC[C@@H]1[C@H]2CC[C@]2(C)C(=O)CC[C@@]12O. The Morgan fingerprint density at radius 1 is 0.955 bits per heavy atom. The van der Waals surface area contributed by atoms with Crippen LogP contribution in [0.2, 0.25) is 0 Å². The molecular formula is C19H28O3. The summed E-state index contributed by atoms with van der Waals surface area (Å²) in [5.74, 6) is 1.95. The van der Waals surface area contributed by atoms with Crippen LogP contribution in [-0.4, -0.2) is 22.3 Å². The summed E-state index contributed by atoms with van der Waals surface area (Å²) in [7, 11) is 0. The van der Waals surface area contributed by atoms with Crippen LogP contribution in [0.15, 0.2) is 0 Å². The zero-order valence-corrected chi connectivity index (χ0v) is 13.9. The highest BCUT2D eigenvalue weighted by molar-refractivity contribution is 5.88. The van der Waals surface area contributed by atoms with E-state index >= 15 is 0 Å². The maximum absolute atomic E-state index is 12.4. The summed E-state index contributed by atoms with van der Waals surface area (Å²) in [4.78, 5) is 24.3. The Bertz CT molecular complexity index is 541. The number of aliphatic hydroxyl groups is 1. The summed E-state index contributed by atoms with van der Waals surface area (Å²) in [5.41, 5.74) is -1.11. The molecule has 0 unspecified atom stereocenters. The average Bonchev–Trinajstić information content (AvgIpc) is 2.72. The Morgan fingerprint density at radius 2 is 1.73 bits per heavy atom. The van der Waals surface area contributed by atoms with E-state index in [9.17, 15) is 14.7 Å². The fraction of sp³-hybridized carbons (Fsp3) is 0.895. The van der Waals surface area contributed by atoms with E-state index in [-0.39, 0.29) is 17.1 Å². The van der Waals surface area contributed by atoms with E-state index in [1.807, 2.05) is 6.92 Å². The summed E-state index contributed by atoms with van der Waals surface area (Å²) in [6.07, 6.45) is 7.58. The third-order valence-corrected chi connectivity index (χ3v) is 8.38. The lowest BCUT2D eigenvalue weighted by Crippen LogP contribution is -2.62. The van der Waals surface area contributed by atoms with Gasteiger partial charge in [0, 0.05) is 19.3 Å². The number of Topliss-reactive ketones (excluding diaryl/α,β-unsaturated/α-hetero) is 2. The number of rotatable bonds is 0. The van der Waals surface area contributed by atoms with Crippen molar-refractivity contribution in [1.82, 2.24) is 0 Å². The number of hydrogen-bond donors (Lipinski definition) is 1. The molecule has 0 aromatic heterocycles. The minimum atomic E-state index is -0.789. The van der Waals surface area contributed by atoms with Crippen molar-refractivity contribution in [1.29, 1.82) is 0 Å². The maximum atomic E-state index is 12.4. The highest BCUT2D eigenvalue weighted by Gasteiger charge is 2.67. The van der Waals surface area contributed by atoms with Crippen LogP contribution < -0.4 is 0 Å². The highest BCUT2D eigenvalue weighted by Crippen LogP contribution is 2.66. The Labute approximate surface area is 132 Å². The molecule has 1 N–H and O–H groups in total. The average molecular weight is 304 g/mol. The molecule has 0 aliphatic heterocycles. The van der Waals surface area contributed by atoms with Gasteiger partial charge in [-0.1, -0.05) is 6.92 Å². The van der Waals surface area contributed by atoms with E-state index in [1.165, 1.54) is 0 Å². The van der Waals surface area contributed by atoms with Crippen LogP contribution in [0.1, 0.15) is 71.6 Å². The van der Waals surface area contributed by atoms with E-state index in [2.05, 4.69) is 6.92 Å². The second-order valence-electron chi connectivity index (χ2n) is 8.95. The molecule has 122 valence electrons. The number of carbonyl (C=O) groups excluding carboxylic acids is 2. The molecule has 4 rings (SSSR count). The van der Waals surface area contributed by atoms with Crippen molar-refractivity contribution in [2.75, 3.05) is 0 Å². The number of hydrogen-bond acceptors (Lipinski definition) is 3. The molecule has 22 heavy (non-hydrogen) atoms. The lowest BCUT2D eigenvalue weighted by molar-refractivity contribution is -0.197. The number of fused-ring (bicyclic) bond motifs is 5. The lowest BCUT2D eigenvalue weighted by atomic mass is 9.44. The van der Waals surface area contributed by atoms with Crippen LogP contribution in [0.25, 0.3) is 0 Å². The first-order chi connectivity index (χ1) is 10.3. The minimum Gasteiger partial charge on any atom is -0.389 e. The van der Waals surface area contributed by atoms with Crippen molar-refractivity contribution < 1.29 is 14.7 Å². The first-order valence-electron chi connectivity index (χ1n) is 9.09. The summed E-state index contributed by atoms with van der Waals surface area (Å²) in [5, 5.41) is 11.5. The van der Waals surface area contributed by atoms with Gasteiger partial charge in [-0.15, -0.1) is 0 Å². The molecule has 0 amide bonds. The molecule has 3 nitrogen and oxygen atoms in total. The first-order valence-corrected chi connectivity index (χ1v) is 9.09. The van der Waals surface area contributed by atoms with Crippen molar-refractivity contribution in [3.63, 3.8) is 0 Å². The third kappa shape index (κ3) is 1.61. The molecular weight excluding hydrogens is 276 g/mol. The third-order valence-electron chi connectivity index (χ3n) is 8.38. The van der Waals surface area contributed by atoms with Gasteiger partial charge in [0.25, 0.3) is 0 Å². The number of carbonyl (C=O) groups is 2. The van der Waals surface area contributed by atoms with E-state index < -0.39 is 11.0 Å². The minimum absolute atomic E-state index is 0.194. The molecule has 4 aliphatic rings. The van der Waals surface area contributed by atoms with Gasteiger partial charge in [-0.2, -0.15) is 0 Å². The molecule has 4 aliphatic carbocycles. The predicted molar refractivity (Wildman–Crippen MR) is 83.2 cm³/mol. The molecule has 0 radical (unpaired) electrons. The molecule has 0 bridgehead atoms. The van der Waals surface area contributed by atoms with Gasteiger partial charge in [-0.05, 0) is 68.6 Å². The fourth-order valence-corrected chi connectivity index (χ4v) is 6.78. The van der Waals surface area contributed by atoms with Crippen molar-refractivity contribution in [2.24, 2.45) is 28.6 Å². The summed E-state index contributed by atoms with van der Waals surface area (Å²) in [6, 6.07) is 0. The van der Waals surface area contributed by atoms with Crippen molar-refractivity contribution >= 4 is 11.6 Å². The second kappa shape index (κ2) is 4.43. The van der Waals surface area contributed by atoms with Crippen LogP contribution in [0.3, 0.4) is 0 Å². The number of ketones is 2. The normalized spacial score (nSPS) is 54.6. The van der Waals surface area contributed by atoms with E-state index in [0.29, 0.717) is 36.9 Å². The molecule has 4 saturated carbocycles.